The van der Waals surface area contributed by atoms with Crippen LogP contribution in [0.1, 0.15) is 16.1 Å². The number of carbonyl (C=O) groups excluding carboxylic acids is 2. The molecular formula is C24H22N4O4S. The van der Waals surface area contributed by atoms with E-state index in [1.54, 1.807) is 56.0 Å². The first-order valence-corrected chi connectivity index (χ1v) is 11.1. The number of carbonyl (C=O) groups is 2. The molecule has 2 amide bonds. The molecule has 0 aliphatic heterocycles. The number of thioether (sulfide) groups is 1. The van der Waals surface area contributed by atoms with Crippen LogP contribution in [0, 0.1) is 0 Å². The molecular weight excluding hydrogens is 440 g/mol. The Balaban J connectivity index is 1.34. The number of aromatic nitrogens is 2. The molecule has 0 bridgehead atoms. The van der Waals surface area contributed by atoms with E-state index in [9.17, 15) is 9.59 Å². The van der Waals surface area contributed by atoms with Gasteiger partial charge in [-0.1, -0.05) is 17.8 Å². The lowest BCUT2D eigenvalue weighted by molar-refractivity contribution is -0.113. The van der Waals surface area contributed by atoms with Crippen LogP contribution >= 0.6 is 11.8 Å². The first-order chi connectivity index (χ1) is 16.1. The number of furan rings is 1. The molecule has 4 rings (SSSR count). The van der Waals surface area contributed by atoms with E-state index in [0.717, 1.165) is 5.69 Å². The molecule has 0 saturated carbocycles. The van der Waals surface area contributed by atoms with Crippen molar-refractivity contribution in [2.45, 2.75) is 11.7 Å². The third-order valence-corrected chi connectivity index (χ3v) is 5.67. The minimum atomic E-state index is -0.188. The third kappa shape index (κ3) is 5.83. The maximum Gasteiger partial charge on any atom is 0.251 e. The third-order valence-electron chi connectivity index (χ3n) is 4.70. The fourth-order valence-corrected chi connectivity index (χ4v) is 3.85. The van der Waals surface area contributed by atoms with E-state index >= 15 is 0 Å². The Labute approximate surface area is 195 Å². The number of nitrogens with zero attached hydrogens (tertiary/aromatic N) is 2. The Kier molecular flexibility index (Phi) is 7.11. The quantitative estimate of drug-likeness (QED) is 0.363. The van der Waals surface area contributed by atoms with Crippen molar-refractivity contribution in [2.75, 3.05) is 18.2 Å². The average molecular weight is 463 g/mol. The number of ether oxygens (including phenoxy) is 1. The highest BCUT2D eigenvalue weighted by Gasteiger charge is 2.11. The van der Waals surface area contributed by atoms with E-state index in [1.165, 1.54) is 11.8 Å². The molecule has 0 atom stereocenters. The molecule has 8 nitrogen and oxygen atoms in total. The van der Waals surface area contributed by atoms with E-state index < -0.39 is 0 Å². The molecule has 2 heterocycles. The molecule has 0 aliphatic rings. The summed E-state index contributed by atoms with van der Waals surface area (Å²) in [5, 5.41) is 6.34. The van der Waals surface area contributed by atoms with Gasteiger partial charge in [0.15, 0.2) is 5.16 Å². The summed E-state index contributed by atoms with van der Waals surface area (Å²) in [4.78, 5) is 29.1. The molecule has 0 unspecified atom stereocenters. The zero-order chi connectivity index (χ0) is 23.0. The van der Waals surface area contributed by atoms with Crippen molar-refractivity contribution in [3.8, 4) is 11.4 Å². The van der Waals surface area contributed by atoms with Crippen LogP contribution in [-0.2, 0) is 11.3 Å². The molecule has 0 spiro atoms. The Morgan fingerprint density at radius 2 is 1.97 bits per heavy atom. The largest absolute Gasteiger partial charge is 0.497 e. The van der Waals surface area contributed by atoms with Crippen molar-refractivity contribution < 1.29 is 18.7 Å². The number of hydrogen-bond acceptors (Lipinski definition) is 6. The van der Waals surface area contributed by atoms with Gasteiger partial charge in [-0.2, -0.15) is 0 Å². The van der Waals surface area contributed by atoms with Crippen molar-refractivity contribution in [3.63, 3.8) is 0 Å². The van der Waals surface area contributed by atoms with E-state index in [0.29, 0.717) is 34.5 Å². The van der Waals surface area contributed by atoms with Gasteiger partial charge in [-0.25, -0.2) is 4.98 Å². The molecule has 2 aromatic heterocycles. The van der Waals surface area contributed by atoms with E-state index in [4.69, 9.17) is 9.15 Å². The van der Waals surface area contributed by atoms with Gasteiger partial charge in [0, 0.05) is 35.4 Å². The highest BCUT2D eigenvalue weighted by Crippen LogP contribution is 2.22. The predicted molar refractivity (Wildman–Crippen MR) is 126 cm³/mol. The minimum Gasteiger partial charge on any atom is -0.497 e. The Bertz CT molecular complexity index is 1220. The van der Waals surface area contributed by atoms with Crippen molar-refractivity contribution in [1.29, 1.82) is 0 Å². The van der Waals surface area contributed by atoms with Crippen molar-refractivity contribution in [3.05, 3.63) is 90.6 Å². The SMILES string of the molecule is COc1cccc(NC(=O)CSc2nccn2-c2ccc(C(=O)NCc3ccco3)cc2)c1. The number of anilines is 1. The smallest absolute Gasteiger partial charge is 0.251 e. The molecule has 33 heavy (non-hydrogen) atoms. The average Bonchev–Trinajstić information content (AvgIpc) is 3.53. The number of methoxy groups -OCH3 is 1. The summed E-state index contributed by atoms with van der Waals surface area (Å²) < 4.78 is 12.3. The number of hydrogen-bond donors (Lipinski definition) is 2. The number of rotatable bonds is 9. The minimum absolute atomic E-state index is 0.147. The Morgan fingerprint density at radius 3 is 2.73 bits per heavy atom. The maximum atomic E-state index is 12.4. The summed E-state index contributed by atoms with van der Waals surface area (Å²) in [6, 6.07) is 17.9. The number of benzene rings is 2. The Morgan fingerprint density at radius 1 is 1.12 bits per heavy atom. The summed E-state index contributed by atoms with van der Waals surface area (Å²) in [5.74, 6) is 1.23. The van der Waals surface area contributed by atoms with Gasteiger partial charge in [0.1, 0.15) is 11.5 Å². The summed E-state index contributed by atoms with van der Waals surface area (Å²) in [6.45, 7) is 0.327. The Hall–Kier alpha value is -3.98. The fourth-order valence-electron chi connectivity index (χ4n) is 3.08. The summed E-state index contributed by atoms with van der Waals surface area (Å²) >= 11 is 1.32. The molecule has 0 fully saturated rings. The first-order valence-electron chi connectivity index (χ1n) is 10.1. The van der Waals surface area contributed by atoms with Crippen LogP contribution in [0.15, 0.2) is 88.9 Å². The second kappa shape index (κ2) is 10.6. The molecule has 4 aromatic rings. The second-order valence-corrected chi connectivity index (χ2v) is 7.90. The summed E-state index contributed by atoms with van der Waals surface area (Å²) in [7, 11) is 1.58. The monoisotopic (exact) mass is 462 g/mol. The fraction of sp³-hybridized carbons (Fsp3) is 0.125. The van der Waals surface area contributed by atoms with Crippen molar-refractivity contribution >= 4 is 29.3 Å². The summed E-state index contributed by atoms with van der Waals surface area (Å²) in [6.07, 6.45) is 5.06. The molecule has 0 aliphatic carbocycles. The zero-order valence-electron chi connectivity index (χ0n) is 17.9. The van der Waals surface area contributed by atoms with Gasteiger partial charge >= 0.3 is 0 Å². The lowest BCUT2D eigenvalue weighted by Gasteiger charge is -2.10. The van der Waals surface area contributed by atoms with Crippen LogP contribution in [0.4, 0.5) is 5.69 Å². The normalized spacial score (nSPS) is 10.6. The van der Waals surface area contributed by atoms with Crippen LogP contribution in [0.25, 0.3) is 5.69 Å². The van der Waals surface area contributed by atoms with E-state index in [2.05, 4.69) is 15.6 Å². The standard InChI is InChI=1S/C24H22N4O4S/c1-31-20-5-2-4-18(14-20)27-22(29)16-33-24-25-11-12-28(24)19-9-7-17(8-10-19)23(30)26-15-21-6-3-13-32-21/h2-14H,15-16H2,1H3,(H,26,30)(H,27,29). The van der Waals surface area contributed by atoms with Crippen LogP contribution in [0.2, 0.25) is 0 Å². The lowest BCUT2D eigenvalue weighted by Crippen LogP contribution is -2.22. The number of amides is 2. The summed E-state index contributed by atoms with van der Waals surface area (Å²) in [5.41, 5.74) is 2.05. The predicted octanol–water partition coefficient (Wildman–Crippen LogP) is 4.13. The lowest BCUT2D eigenvalue weighted by atomic mass is 10.2. The second-order valence-electron chi connectivity index (χ2n) is 6.96. The first kappa shape index (κ1) is 22.2. The molecule has 0 radical (unpaired) electrons. The maximum absolute atomic E-state index is 12.4. The van der Waals surface area contributed by atoms with Crippen molar-refractivity contribution in [2.24, 2.45) is 0 Å². The van der Waals surface area contributed by atoms with E-state index in [-0.39, 0.29) is 17.6 Å². The molecule has 9 heteroatoms. The van der Waals surface area contributed by atoms with Gasteiger partial charge in [0.05, 0.1) is 25.7 Å². The van der Waals surface area contributed by atoms with Crippen LogP contribution in [-0.4, -0.2) is 34.2 Å². The van der Waals surface area contributed by atoms with Gasteiger partial charge in [0.2, 0.25) is 5.91 Å². The van der Waals surface area contributed by atoms with E-state index in [1.807, 2.05) is 35.0 Å². The number of imidazole rings is 1. The highest BCUT2D eigenvalue weighted by molar-refractivity contribution is 7.99. The van der Waals surface area contributed by atoms with Crippen molar-refractivity contribution in [1.82, 2.24) is 14.9 Å². The molecule has 0 saturated heterocycles. The molecule has 2 aromatic carbocycles. The molecule has 2 N–H and O–H groups in total. The zero-order valence-corrected chi connectivity index (χ0v) is 18.7. The van der Waals surface area contributed by atoms with Gasteiger partial charge in [-0.15, -0.1) is 0 Å². The van der Waals surface area contributed by atoms with Gasteiger partial charge in [-0.3, -0.25) is 14.2 Å². The van der Waals surface area contributed by atoms with Gasteiger partial charge in [0.25, 0.3) is 5.91 Å². The van der Waals surface area contributed by atoms with Gasteiger partial charge in [-0.05, 0) is 48.5 Å². The topological polar surface area (TPSA) is 98.4 Å². The van der Waals surface area contributed by atoms with Gasteiger partial charge < -0.3 is 19.8 Å². The van der Waals surface area contributed by atoms with Crippen LogP contribution in [0.5, 0.6) is 5.75 Å². The highest BCUT2D eigenvalue weighted by atomic mass is 32.2. The van der Waals surface area contributed by atoms with Crippen LogP contribution in [0.3, 0.4) is 0 Å². The van der Waals surface area contributed by atoms with Crippen LogP contribution < -0.4 is 15.4 Å². The molecule has 168 valence electrons. The number of nitrogens with one attached hydrogen (secondary N) is 2.